The molecule has 0 aromatic heterocycles. The van der Waals surface area contributed by atoms with Gasteiger partial charge in [0.25, 0.3) is 5.91 Å². The standard InChI is InChI=1S/C18H21NO5S2/c1-10(2)7-12(17(21)22)19-16(20)15(26-18(19)25)9-11-5-6-13(23-3)14(8-11)24-4/h5-6,8-10,12H,7H2,1-4H3,(H,21,22). The minimum atomic E-state index is -1.05. The van der Waals surface area contributed by atoms with Crippen LogP contribution in [-0.2, 0) is 9.59 Å². The van der Waals surface area contributed by atoms with Gasteiger partial charge in [0, 0.05) is 0 Å². The first kappa shape index (κ1) is 20.3. The van der Waals surface area contributed by atoms with Crippen molar-refractivity contribution in [2.45, 2.75) is 26.3 Å². The van der Waals surface area contributed by atoms with Gasteiger partial charge in [0.1, 0.15) is 10.4 Å². The van der Waals surface area contributed by atoms with Gasteiger partial charge < -0.3 is 14.6 Å². The minimum absolute atomic E-state index is 0.121. The summed E-state index contributed by atoms with van der Waals surface area (Å²) in [6.07, 6.45) is 2.01. The maximum atomic E-state index is 12.8. The van der Waals surface area contributed by atoms with E-state index in [2.05, 4.69) is 0 Å². The van der Waals surface area contributed by atoms with E-state index in [9.17, 15) is 14.7 Å². The molecule has 0 saturated carbocycles. The van der Waals surface area contributed by atoms with E-state index in [0.717, 1.165) is 17.3 Å². The van der Waals surface area contributed by atoms with Gasteiger partial charge in [0.2, 0.25) is 0 Å². The molecule has 1 heterocycles. The minimum Gasteiger partial charge on any atom is -0.493 e. The van der Waals surface area contributed by atoms with E-state index in [0.29, 0.717) is 22.8 Å². The average molecular weight is 396 g/mol. The van der Waals surface area contributed by atoms with E-state index in [1.54, 1.807) is 31.4 Å². The number of thiocarbonyl (C=S) groups is 1. The highest BCUT2D eigenvalue weighted by molar-refractivity contribution is 8.26. The zero-order chi connectivity index (χ0) is 19.4. The Bertz CT molecular complexity index is 760. The summed E-state index contributed by atoms with van der Waals surface area (Å²) in [6.45, 7) is 3.82. The van der Waals surface area contributed by atoms with Crippen LogP contribution in [0.2, 0.25) is 0 Å². The number of carboxylic acid groups (broad SMARTS) is 1. The third kappa shape index (κ3) is 4.37. The number of amides is 1. The first-order chi connectivity index (χ1) is 12.3. The summed E-state index contributed by atoms with van der Waals surface area (Å²) in [5.41, 5.74) is 0.735. The van der Waals surface area contributed by atoms with Crippen molar-refractivity contribution in [1.82, 2.24) is 4.90 Å². The highest BCUT2D eigenvalue weighted by Gasteiger charge is 2.40. The lowest BCUT2D eigenvalue weighted by Gasteiger charge is -2.24. The maximum absolute atomic E-state index is 12.8. The first-order valence-corrected chi connectivity index (χ1v) is 9.22. The number of carboxylic acids is 1. The number of methoxy groups -OCH3 is 2. The molecule has 2 rings (SSSR count). The number of nitrogens with zero attached hydrogens (tertiary/aromatic N) is 1. The highest BCUT2D eigenvalue weighted by Crippen LogP contribution is 2.36. The quantitative estimate of drug-likeness (QED) is 0.560. The number of benzene rings is 1. The third-order valence-electron chi connectivity index (χ3n) is 3.82. The summed E-state index contributed by atoms with van der Waals surface area (Å²) in [6, 6.07) is 4.31. The lowest BCUT2D eigenvalue weighted by Crippen LogP contribution is -2.44. The molecule has 1 aliphatic heterocycles. The van der Waals surface area contributed by atoms with Crippen molar-refractivity contribution < 1.29 is 24.2 Å². The molecule has 1 aromatic carbocycles. The van der Waals surface area contributed by atoms with Gasteiger partial charge in [-0.05, 0) is 36.1 Å². The normalized spacial score (nSPS) is 17.1. The number of ether oxygens (including phenoxy) is 2. The summed E-state index contributed by atoms with van der Waals surface area (Å²) < 4.78 is 10.7. The number of carbonyl (C=O) groups is 2. The Labute approximate surface area is 162 Å². The molecule has 26 heavy (non-hydrogen) atoms. The summed E-state index contributed by atoms with van der Waals surface area (Å²) in [7, 11) is 3.08. The zero-order valence-electron chi connectivity index (χ0n) is 15.0. The molecule has 0 aliphatic carbocycles. The third-order valence-corrected chi connectivity index (χ3v) is 5.15. The lowest BCUT2D eigenvalue weighted by molar-refractivity contribution is -0.145. The van der Waals surface area contributed by atoms with Crippen LogP contribution in [0.25, 0.3) is 6.08 Å². The van der Waals surface area contributed by atoms with Crippen molar-refractivity contribution in [2.24, 2.45) is 5.92 Å². The van der Waals surface area contributed by atoms with Crippen LogP contribution >= 0.6 is 24.0 Å². The van der Waals surface area contributed by atoms with Gasteiger partial charge in [0.15, 0.2) is 11.5 Å². The lowest BCUT2D eigenvalue weighted by atomic mass is 10.0. The number of rotatable bonds is 7. The number of aliphatic carboxylic acids is 1. The number of thioether (sulfide) groups is 1. The van der Waals surface area contributed by atoms with Gasteiger partial charge in [-0.25, -0.2) is 4.79 Å². The molecule has 1 aromatic rings. The number of hydrogen-bond acceptors (Lipinski definition) is 6. The van der Waals surface area contributed by atoms with Gasteiger partial charge in [-0.3, -0.25) is 9.69 Å². The molecule has 1 fully saturated rings. The van der Waals surface area contributed by atoms with Crippen molar-refractivity contribution in [1.29, 1.82) is 0 Å². The smallest absolute Gasteiger partial charge is 0.326 e. The second kappa shape index (κ2) is 8.55. The number of carbonyl (C=O) groups excluding carboxylic acids is 1. The van der Waals surface area contributed by atoms with Crippen LogP contribution in [-0.4, -0.2) is 46.5 Å². The van der Waals surface area contributed by atoms with Crippen LogP contribution < -0.4 is 9.47 Å². The van der Waals surface area contributed by atoms with E-state index >= 15 is 0 Å². The van der Waals surface area contributed by atoms with Gasteiger partial charge in [-0.2, -0.15) is 0 Å². The molecular formula is C18H21NO5S2. The Kier molecular flexibility index (Phi) is 6.66. The second-order valence-corrected chi connectivity index (χ2v) is 7.83. The van der Waals surface area contributed by atoms with Crippen LogP contribution in [0.3, 0.4) is 0 Å². The molecule has 0 bridgehead atoms. The fourth-order valence-electron chi connectivity index (χ4n) is 2.61. The molecule has 1 unspecified atom stereocenters. The molecule has 1 amide bonds. The number of hydrogen-bond donors (Lipinski definition) is 1. The maximum Gasteiger partial charge on any atom is 0.326 e. The predicted molar refractivity (Wildman–Crippen MR) is 105 cm³/mol. The summed E-state index contributed by atoms with van der Waals surface area (Å²) in [4.78, 5) is 26.0. The van der Waals surface area contributed by atoms with Crippen molar-refractivity contribution in [3.05, 3.63) is 28.7 Å². The topological polar surface area (TPSA) is 76.1 Å². The van der Waals surface area contributed by atoms with E-state index in [1.807, 2.05) is 13.8 Å². The molecule has 1 aliphatic rings. The molecular weight excluding hydrogens is 374 g/mol. The first-order valence-electron chi connectivity index (χ1n) is 8.00. The molecule has 140 valence electrons. The molecule has 0 spiro atoms. The summed E-state index contributed by atoms with van der Waals surface area (Å²) in [5.74, 6) is -0.194. The molecule has 1 saturated heterocycles. The van der Waals surface area contributed by atoms with Gasteiger partial charge >= 0.3 is 5.97 Å². The van der Waals surface area contributed by atoms with Gasteiger partial charge in [0.05, 0.1) is 19.1 Å². The van der Waals surface area contributed by atoms with Crippen molar-refractivity contribution in [2.75, 3.05) is 14.2 Å². The van der Waals surface area contributed by atoms with Crippen LogP contribution in [0.5, 0.6) is 11.5 Å². The van der Waals surface area contributed by atoms with Crippen LogP contribution in [0, 0.1) is 5.92 Å². The van der Waals surface area contributed by atoms with E-state index in [-0.39, 0.29) is 16.1 Å². The van der Waals surface area contributed by atoms with Crippen molar-refractivity contribution >= 4 is 46.3 Å². The van der Waals surface area contributed by atoms with Gasteiger partial charge in [-0.15, -0.1) is 0 Å². The van der Waals surface area contributed by atoms with E-state index in [4.69, 9.17) is 21.7 Å². The average Bonchev–Trinajstić information content (AvgIpc) is 2.86. The monoisotopic (exact) mass is 395 g/mol. The SMILES string of the molecule is COc1ccc(C=C2SC(=S)N(C(CC(C)C)C(=O)O)C2=O)cc1OC. The van der Waals surface area contributed by atoms with Crippen molar-refractivity contribution in [3.8, 4) is 11.5 Å². The largest absolute Gasteiger partial charge is 0.493 e. The Morgan fingerprint density at radius 3 is 2.50 bits per heavy atom. The van der Waals surface area contributed by atoms with Gasteiger partial charge in [-0.1, -0.05) is 43.9 Å². The summed E-state index contributed by atoms with van der Waals surface area (Å²) >= 11 is 6.37. The fraction of sp³-hybridized carbons (Fsp3) is 0.389. The second-order valence-electron chi connectivity index (χ2n) is 6.15. The predicted octanol–water partition coefficient (Wildman–Crippen LogP) is 3.40. The summed E-state index contributed by atoms with van der Waals surface area (Å²) in [5, 5.41) is 9.51. The molecule has 0 radical (unpaired) electrons. The van der Waals surface area contributed by atoms with Crippen LogP contribution in [0.1, 0.15) is 25.8 Å². The Hall–Kier alpha value is -2.06. The molecule has 1 atom stereocenters. The Morgan fingerprint density at radius 1 is 1.31 bits per heavy atom. The van der Waals surface area contributed by atoms with E-state index in [1.165, 1.54) is 12.0 Å². The Balaban J connectivity index is 2.32. The molecule has 1 N–H and O–H groups in total. The van der Waals surface area contributed by atoms with Crippen LogP contribution in [0.4, 0.5) is 0 Å². The zero-order valence-corrected chi connectivity index (χ0v) is 16.6. The fourth-order valence-corrected chi connectivity index (χ4v) is 3.96. The van der Waals surface area contributed by atoms with E-state index < -0.39 is 12.0 Å². The molecule has 8 heteroatoms. The highest BCUT2D eigenvalue weighted by atomic mass is 32.2. The molecule has 6 nitrogen and oxygen atoms in total. The van der Waals surface area contributed by atoms with Crippen LogP contribution in [0.15, 0.2) is 23.1 Å². The van der Waals surface area contributed by atoms with Crippen molar-refractivity contribution in [3.63, 3.8) is 0 Å². The Morgan fingerprint density at radius 2 is 1.96 bits per heavy atom.